The molecule has 0 radical (unpaired) electrons. The fourth-order valence-corrected chi connectivity index (χ4v) is 2.96. The normalized spacial score (nSPS) is 10.7. The van der Waals surface area contributed by atoms with Crippen molar-refractivity contribution in [3.63, 3.8) is 0 Å². The number of nitrogens with one attached hydrogen (secondary N) is 1. The van der Waals surface area contributed by atoms with Crippen molar-refractivity contribution in [1.29, 1.82) is 0 Å². The van der Waals surface area contributed by atoms with Gasteiger partial charge in [-0.15, -0.1) is 0 Å². The first-order valence-electron chi connectivity index (χ1n) is 3.95. The van der Waals surface area contributed by atoms with Gasteiger partial charge in [0.15, 0.2) is 5.13 Å². The third kappa shape index (κ3) is 1.56. The molecule has 0 saturated heterocycles. The van der Waals surface area contributed by atoms with Gasteiger partial charge in [0.1, 0.15) is 0 Å². The summed E-state index contributed by atoms with van der Waals surface area (Å²) in [5.41, 5.74) is 2.30. The largest absolute Gasteiger partial charge is 0.365 e. The molecule has 0 bridgehead atoms. The molecule has 0 amide bonds. The first-order valence-corrected chi connectivity index (χ1v) is 5.56. The molecule has 0 aliphatic heterocycles. The van der Waals surface area contributed by atoms with Gasteiger partial charge in [-0.05, 0) is 40.5 Å². The molecule has 0 saturated carbocycles. The Morgan fingerprint density at radius 1 is 1.46 bits per heavy atom. The van der Waals surface area contributed by atoms with E-state index in [2.05, 4.69) is 45.3 Å². The molecule has 68 valence electrons. The lowest BCUT2D eigenvalue weighted by Gasteiger charge is -1.94. The number of aryl methyl sites for hydroxylation is 1. The Bertz CT molecular complexity index is 450. The number of anilines is 1. The first-order chi connectivity index (χ1) is 6.20. The second kappa shape index (κ2) is 3.27. The molecule has 1 aromatic carbocycles. The van der Waals surface area contributed by atoms with E-state index in [1.54, 1.807) is 11.3 Å². The molecule has 0 spiro atoms. The van der Waals surface area contributed by atoms with Crippen LogP contribution in [0.1, 0.15) is 5.56 Å². The molecule has 2 aromatic rings. The minimum absolute atomic E-state index is 0.960. The Morgan fingerprint density at radius 2 is 2.23 bits per heavy atom. The summed E-state index contributed by atoms with van der Waals surface area (Å²) in [5.74, 6) is 0. The number of hydrogen-bond donors (Lipinski definition) is 1. The number of fused-ring (bicyclic) bond motifs is 1. The maximum absolute atomic E-state index is 4.43. The second-order valence-corrected chi connectivity index (χ2v) is 4.75. The van der Waals surface area contributed by atoms with Gasteiger partial charge in [-0.25, -0.2) is 4.98 Å². The van der Waals surface area contributed by atoms with Crippen molar-refractivity contribution in [2.45, 2.75) is 6.92 Å². The highest BCUT2D eigenvalue weighted by Crippen LogP contribution is 2.31. The van der Waals surface area contributed by atoms with Crippen LogP contribution in [0.25, 0.3) is 10.2 Å². The molecular formula is C9H9BrN2S. The average molecular weight is 257 g/mol. The number of nitrogens with zero attached hydrogens (tertiary/aromatic N) is 1. The van der Waals surface area contributed by atoms with Gasteiger partial charge in [-0.3, -0.25) is 0 Å². The highest BCUT2D eigenvalue weighted by Gasteiger charge is 2.05. The Balaban J connectivity index is 2.75. The minimum Gasteiger partial charge on any atom is -0.365 e. The van der Waals surface area contributed by atoms with Gasteiger partial charge >= 0.3 is 0 Å². The average Bonchev–Trinajstić information content (AvgIpc) is 2.47. The summed E-state index contributed by atoms with van der Waals surface area (Å²) in [6.07, 6.45) is 0. The summed E-state index contributed by atoms with van der Waals surface area (Å²) < 4.78 is 2.29. The monoisotopic (exact) mass is 256 g/mol. The molecule has 1 heterocycles. The van der Waals surface area contributed by atoms with Crippen LogP contribution in [0.2, 0.25) is 0 Å². The fraction of sp³-hybridized carbons (Fsp3) is 0.222. The Morgan fingerprint density at radius 3 is 2.92 bits per heavy atom. The van der Waals surface area contributed by atoms with Crippen LogP contribution >= 0.6 is 27.3 Å². The molecule has 0 unspecified atom stereocenters. The van der Waals surface area contributed by atoms with Crippen molar-refractivity contribution >= 4 is 42.6 Å². The molecule has 2 rings (SSSR count). The Kier molecular flexibility index (Phi) is 2.26. The number of benzene rings is 1. The number of aromatic nitrogens is 1. The quantitative estimate of drug-likeness (QED) is 0.846. The Labute approximate surface area is 89.1 Å². The summed E-state index contributed by atoms with van der Waals surface area (Å²) in [4.78, 5) is 4.43. The molecule has 13 heavy (non-hydrogen) atoms. The summed E-state index contributed by atoms with van der Waals surface area (Å²) in [6, 6.07) is 4.24. The van der Waals surface area contributed by atoms with Crippen molar-refractivity contribution < 1.29 is 0 Å². The van der Waals surface area contributed by atoms with Gasteiger partial charge in [0.05, 0.1) is 10.2 Å². The molecule has 2 nitrogen and oxygen atoms in total. The maximum Gasteiger partial charge on any atom is 0.183 e. The van der Waals surface area contributed by atoms with Gasteiger partial charge in [0.2, 0.25) is 0 Å². The van der Waals surface area contributed by atoms with Gasteiger partial charge < -0.3 is 5.32 Å². The third-order valence-corrected chi connectivity index (χ3v) is 3.43. The zero-order valence-electron chi connectivity index (χ0n) is 7.39. The number of thiazole rings is 1. The third-order valence-electron chi connectivity index (χ3n) is 1.81. The lowest BCUT2D eigenvalue weighted by Crippen LogP contribution is -1.84. The van der Waals surface area contributed by atoms with E-state index in [1.165, 1.54) is 10.3 Å². The molecular weight excluding hydrogens is 248 g/mol. The van der Waals surface area contributed by atoms with E-state index in [-0.39, 0.29) is 0 Å². The second-order valence-electron chi connectivity index (χ2n) is 2.86. The van der Waals surface area contributed by atoms with Crippen molar-refractivity contribution in [1.82, 2.24) is 4.98 Å². The van der Waals surface area contributed by atoms with Crippen LogP contribution in [0.3, 0.4) is 0 Å². The molecule has 0 aliphatic carbocycles. The van der Waals surface area contributed by atoms with Crippen molar-refractivity contribution in [2.24, 2.45) is 0 Å². The van der Waals surface area contributed by atoms with E-state index >= 15 is 0 Å². The van der Waals surface area contributed by atoms with Crippen LogP contribution in [-0.4, -0.2) is 12.0 Å². The van der Waals surface area contributed by atoms with Crippen LogP contribution in [-0.2, 0) is 0 Å². The van der Waals surface area contributed by atoms with Crippen molar-refractivity contribution in [3.05, 3.63) is 22.2 Å². The van der Waals surface area contributed by atoms with Crippen molar-refractivity contribution in [3.8, 4) is 0 Å². The van der Waals surface area contributed by atoms with E-state index < -0.39 is 0 Å². The highest BCUT2D eigenvalue weighted by atomic mass is 79.9. The standard InChI is InChI=1S/C9H9BrN2S/c1-5-3-6(10)8-7(4-5)13-9(11-2)12-8/h3-4H,1-2H3,(H,11,12). The van der Waals surface area contributed by atoms with E-state index in [4.69, 9.17) is 0 Å². The maximum atomic E-state index is 4.43. The van der Waals surface area contributed by atoms with Gasteiger partial charge in [0, 0.05) is 11.5 Å². The topological polar surface area (TPSA) is 24.9 Å². The molecule has 0 fully saturated rings. The van der Waals surface area contributed by atoms with Gasteiger partial charge in [-0.2, -0.15) is 0 Å². The number of halogens is 1. The molecule has 0 atom stereocenters. The Hall–Kier alpha value is -0.610. The summed E-state index contributed by atoms with van der Waals surface area (Å²) >= 11 is 5.18. The molecule has 0 aliphatic rings. The van der Waals surface area contributed by atoms with E-state index in [0.717, 1.165) is 15.1 Å². The van der Waals surface area contributed by atoms with Gasteiger partial charge in [0.25, 0.3) is 0 Å². The smallest absolute Gasteiger partial charge is 0.183 e. The summed E-state index contributed by atoms with van der Waals surface area (Å²) in [6.45, 7) is 2.09. The zero-order valence-corrected chi connectivity index (χ0v) is 9.79. The fourth-order valence-electron chi connectivity index (χ4n) is 1.22. The lowest BCUT2D eigenvalue weighted by molar-refractivity contribution is 1.40. The SMILES string of the molecule is CNc1nc2c(Br)cc(C)cc2s1. The molecule has 1 N–H and O–H groups in total. The summed E-state index contributed by atoms with van der Waals surface area (Å²) in [7, 11) is 1.89. The molecule has 1 aromatic heterocycles. The number of rotatable bonds is 1. The minimum atomic E-state index is 0.960. The lowest BCUT2D eigenvalue weighted by atomic mass is 10.2. The van der Waals surface area contributed by atoms with Crippen LogP contribution in [0, 0.1) is 6.92 Å². The molecule has 4 heteroatoms. The van der Waals surface area contributed by atoms with E-state index in [0.29, 0.717) is 0 Å². The van der Waals surface area contributed by atoms with Crippen LogP contribution in [0.4, 0.5) is 5.13 Å². The first kappa shape index (κ1) is 8.97. The predicted octanol–water partition coefficient (Wildman–Crippen LogP) is 3.41. The van der Waals surface area contributed by atoms with Crippen LogP contribution < -0.4 is 5.32 Å². The number of hydrogen-bond acceptors (Lipinski definition) is 3. The van der Waals surface area contributed by atoms with E-state index in [9.17, 15) is 0 Å². The predicted molar refractivity (Wildman–Crippen MR) is 61.6 cm³/mol. The van der Waals surface area contributed by atoms with Gasteiger partial charge in [-0.1, -0.05) is 11.3 Å². The van der Waals surface area contributed by atoms with E-state index in [1.807, 2.05) is 7.05 Å². The summed E-state index contributed by atoms with van der Waals surface area (Å²) in [5, 5.41) is 4.01. The van der Waals surface area contributed by atoms with Crippen LogP contribution in [0.15, 0.2) is 16.6 Å². The van der Waals surface area contributed by atoms with Crippen LogP contribution in [0.5, 0.6) is 0 Å². The highest BCUT2D eigenvalue weighted by molar-refractivity contribution is 9.10. The zero-order chi connectivity index (χ0) is 9.42. The van der Waals surface area contributed by atoms with Crippen molar-refractivity contribution in [2.75, 3.05) is 12.4 Å².